The number of rotatable bonds is 3. The molecule has 148 valence electrons. The third-order valence-corrected chi connectivity index (χ3v) is 5.66. The minimum absolute atomic E-state index is 0. The molecule has 4 heterocycles. The van der Waals surface area contributed by atoms with E-state index in [1.807, 2.05) is 42.3 Å². The minimum Gasteiger partial charge on any atom is -0.342 e. The molecule has 27 heavy (non-hydrogen) atoms. The van der Waals surface area contributed by atoms with Crippen LogP contribution >= 0.6 is 24.8 Å². The summed E-state index contributed by atoms with van der Waals surface area (Å²) in [6.07, 6.45) is 5.32. The molecule has 4 rings (SSSR count). The van der Waals surface area contributed by atoms with Crippen LogP contribution in [-0.4, -0.2) is 45.5 Å². The van der Waals surface area contributed by atoms with E-state index in [1.165, 1.54) is 12.8 Å². The summed E-state index contributed by atoms with van der Waals surface area (Å²) in [6.45, 7) is 6.51. The number of aryl methyl sites for hydroxylation is 1. The van der Waals surface area contributed by atoms with E-state index in [9.17, 15) is 4.79 Å². The lowest BCUT2D eigenvalue weighted by molar-refractivity contribution is 0.0747. The fraction of sp³-hybridized carbons (Fsp3) is 0.500. The van der Waals surface area contributed by atoms with E-state index in [2.05, 4.69) is 21.8 Å². The van der Waals surface area contributed by atoms with Crippen LogP contribution in [0.3, 0.4) is 0 Å². The number of hydrogen-bond acceptors (Lipinski definition) is 3. The molecule has 2 aromatic heterocycles. The smallest absolute Gasteiger partial charge is 0.255 e. The van der Waals surface area contributed by atoms with Crippen molar-refractivity contribution in [1.82, 2.24) is 19.8 Å². The number of fused-ring (bicyclic) bond motifs is 2. The first-order chi connectivity index (χ1) is 12.1. The molecule has 2 saturated heterocycles. The molecule has 0 aromatic carbocycles. The highest BCUT2D eigenvalue weighted by atomic mass is 35.5. The normalized spacial score (nSPS) is 21.2. The number of halogens is 2. The summed E-state index contributed by atoms with van der Waals surface area (Å²) in [7, 11) is 0. The summed E-state index contributed by atoms with van der Waals surface area (Å²) in [4.78, 5) is 19.6. The van der Waals surface area contributed by atoms with Crippen molar-refractivity contribution < 1.29 is 4.79 Å². The van der Waals surface area contributed by atoms with Crippen LogP contribution in [0.25, 0.3) is 0 Å². The molecule has 0 radical (unpaired) electrons. The zero-order chi connectivity index (χ0) is 17.4. The molecular weight excluding hydrogens is 383 g/mol. The van der Waals surface area contributed by atoms with Gasteiger partial charge in [-0.25, -0.2) is 0 Å². The van der Waals surface area contributed by atoms with Crippen LogP contribution in [-0.2, 0) is 6.54 Å². The summed E-state index contributed by atoms with van der Waals surface area (Å²) in [5.74, 6) is 0.176. The summed E-state index contributed by atoms with van der Waals surface area (Å²) >= 11 is 0. The number of carbonyl (C=O) groups is 1. The average Bonchev–Trinajstić information content (AvgIpc) is 3.08. The predicted molar refractivity (Wildman–Crippen MR) is 112 cm³/mol. The first kappa shape index (κ1) is 21.7. The predicted octanol–water partition coefficient (Wildman–Crippen LogP) is 3.36. The number of nitrogens with zero attached hydrogens (tertiary/aromatic N) is 3. The molecule has 1 amide bonds. The molecule has 1 N–H and O–H groups in total. The van der Waals surface area contributed by atoms with E-state index in [0.29, 0.717) is 18.6 Å². The van der Waals surface area contributed by atoms with Crippen molar-refractivity contribution in [2.75, 3.05) is 13.1 Å². The van der Waals surface area contributed by atoms with Gasteiger partial charge in [-0.3, -0.25) is 9.78 Å². The Balaban J connectivity index is 0.00000131. The average molecular weight is 411 g/mol. The van der Waals surface area contributed by atoms with Gasteiger partial charge in [-0.15, -0.1) is 24.8 Å². The number of amides is 1. The molecule has 7 heteroatoms. The van der Waals surface area contributed by atoms with Gasteiger partial charge in [0, 0.05) is 42.8 Å². The number of carbonyl (C=O) groups excluding carboxylic acids is 1. The summed E-state index contributed by atoms with van der Waals surface area (Å²) in [5.41, 5.74) is 4.00. The van der Waals surface area contributed by atoms with Crippen LogP contribution < -0.4 is 5.32 Å². The van der Waals surface area contributed by atoms with Gasteiger partial charge >= 0.3 is 0 Å². The molecule has 0 saturated carbocycles. The topological polar surface area (TPSA) is 50.2 Å². The quantitative estimate of drug-likeness (QED) is 0.843. The van der Waals surface area contributed by atoms with Crippen molar-refractivity contribution in [3.05, 3.63) is 53.1 Å². The highest BCUT2D eigenvalue weighted by Gasteiger charge is 2.32. The van der Waals surface area contributed by atoms with E-state index in [1.54, 1.807) is 0 Å². The third-order valence-electron chi connectivity index (χ3n) is 5.66. The van der Waals surface area contributed by atoms with E-state index in [0.717, 1.165) is 42.2 Å². The minimum atomic E-state index is 0. The van der Waals surface area contributed by atoms with Crippen molar-refractivity contribution in [2.45, 2.75) is 51.7 Å². The van der Waals surface area contributed by atoms with Crippen LogP contribution in [0.2, 0.25) is 0 Å². The maximum Gasteiger partial charge on any atom is 0.255 e. The number of aromatic nitrogens is 2. The van der Waals surface area contributed by atoms with Crippen molar-refractivity contribution in [2.24, 2.45) is 0 Å². The number of nitrogens with one attached hydrogen (secondary N) is 1. The van der Waals surface area contributed by atoms with Gasteiger partial charge in [-0.1, -0.05) is 6.07 Å². The second kappa shape index (κ2) is 9.09. The SMILES string of the molecule is Cc1cc(C(=O)N2CCC3CCC(C2)N3)c(C)n1Cc1ccccn1.Cl.Cl. The zero-order valence-electron chi connectivity index (χ0n) is 15.9. The van der Waals surface area contributed by atoms with Crippen LogP contribution in [0.4, 0.5) is 0 Å². The van der Waals surface area contributed by atoms with Gasteiger partial charge in [0.2, 0.25) is 0 Å². The number of likely N-dealkylation sites (tertiary alicyclic amines) is 1. The summed E-state index contributed by atoms with van der Waals surface area (Å²) in [5, 5.41) is 3.65. The monoisotopic (exact) mass is 410 g/mol. The first-order valence-corrected chi connectivity index (χ1v) is 9.24. The van der Waals surface area contributed by atoms with Crippen LogP contribution in [0, 0.1) is 13.8 Å². The Morgan fingerprint density at radius 2 is 1.96 bits per heavy atom. The Hall–Kier alpha value is -1.56. The van der Waals surface area contributed by atoms with Gasteiger partial charge in [-0.05, 0) is 51.3 Å². The van der Waals surface area contributed by atoms with Crippen molar-refractivity contribution in [3.63, 3.8) is 0 Å². The van der Waals surface area contributed by atoms with E-state index in [-0.39, 0.29) is 30.7 Å². The van der Waals surface area contributed by atoms with E-state index >= 15 is 0 Å². The third kappa shape index (κ3) is 4.48. The maximum absolute atomic E-state index is 13.1. The standard InChI is InChI=1S/C20H26N4O.2ClH/c1-14-11-19(15(2)24(14)13-17-5-3-4-9-21-17)20(25)23-10-8-16-6-7-18(12-23)22-16;;/h3-5,9,11,16,18,22H,6-8,10,12-13H2,1-2H3;2*1H. The van der Waals surface area contributed by atoms with Gasteiger partial charge < -0.3 is 14.8 Å². The van der Waals surface area contributed by atoms with Gasteiger partial charge in [0.15, 0.2) is 0 Å². The Morgan fingerprint density at radius 3 is 2.70 bits per heavy atom. The van der Waals surface area contributed by atoms with Gasteiger partial charge in [0.1, 0.15) is 0 Å². The molecular formula is C20H28Cl2N4O. The van der Waals surface area contributed by atoms with Crippen molar-refractivity contribution >= 4 is 30.7 Å². The lowest BCUT2D eigenvalue weighted by Gasteiger charge is -2.24. The molecule has 2 aliphatic rings. The molecule has 2 aromatic rings. The van der Waals surface area contributed by atoms with Gasteiger partial charge in [0.05, 0.1) is 17.8 Å². The lowest BCUT2D eigenvalue weighted by Crippen LogP contribution is -2.39. The van der Waals surface area contributed by atoms with Crippen LogP contribution in [0.15, 0.2) is 30.5 Å². The fourth-order valence-corrected chi connectivity index (χ4v) is 4.21. The van der Waals surface area contributed by atoms with Crippen molar-refractivity contribution in [1.29, 1.82) is 0 Å². The van der Waals surface area contributed by atoms with Crippen LogP contribution in [0.1, 0.15) is 46.7 Å². The fourth-order valence-electron chi connectivity index (χ4n) is 4.21. The maximum atomic E-state index is 13.1. The molecule has 2 fully saturated rings. The lowest BCUT2D eigenvalue weighted by atomic mass is 10.1. The molecule has 2 bridgehead atoms. The van der Waals surface area contributed by atoms with E-state index < -0.39 is 0 Å². The Morgan fingerprint density at radius 1 is 1.19 bits per heavy atom. The van der Waals surface area contributed by atoms with Crippen molar-refractivity contribution in [3.8, 4) is 0 Å². The molecule has 0 spiro atoms. The molecule has 2 unspecified atom stereocenters. The second-order valence-electron chi connectivity index (χ2n) is 7.37. The molecule has 0 aliphatic carbocycles. The molecule has 2 aliphatic heterocycles. The summed E-state index contributed by atoms with van der Waals surface area (Å²) < 4.78 is 2.19. The highest BCUT2D eigenvalue weighted by Crippen LogP contribution is 2.24. The van der Waals surface area contributed by atoms with E-state index in [4.69, 9.17) is 0 Å². The highest BCUT2D eigenvalue weighted by molar-refractivity contribution is 5.95. The first-order valence-electron chi connectivity index (χ1n) is 9.24. The Labute approximate surface area is 173 Å². The number of pyridine rings is 1. The van der Waals surface area contributed by atoms with Gasteiger partial charge in [-0.2, -0.15) is 0 Å². The van der Waals surface area contributed by atoms with Gasteiger partial charge in [0.25, 0.3) is 5.91 Å². The Bertz CT molecular complexity index is 778. The zero-order valence-corrected chi connectivity index (χ0v) is 17.5. The second-order valence-corrected chi connectivity index (χ2v) is 7.37. The van der Waals surface area contributed by atoms with Crippen LogP contribution in [0.5, 0.6) is 0 Å². The molecule has 2 atom stereocenters. The largest absolute Gasteiger partial charge is 0.342 e. The molecule has 5 nitrogen and oxygen atoms in total. The number of hydrogen-bond donors (Lipinski definition) is 1. The summed E-state index contributed by atoms with van der Waals surface area (Å²) in [6, 6.07) is 9.05. The Kier molecular flexibility index (Phi) is 7.32.